The molecular formula is C19H25BrN4O2. The van der Waals surface area contributed by atoms with Gasteiger partial charge < -0.3 is 15.4 Å². The molecule has 1 heterocycles. The summed E-state index contributed by atoms with van der Waals surface area (Å²) >= 11 is 3.45. The van der Waals surface area contributed by atoms with E-state index in [2.05, 4.69) is 36.5 Å². The van der Waals surface area contributed by atoms with Gasteiger partial charge in [0.1, 0.15) is 11.6 Å². The molecule has 0 saturated carbocycles. The van der Waals surface area contributed by atoms with Crippen LogP contribution in [0.3, 0.4) is 0 Å². The molecule has 0 aliphatic carbocycles. The van der Waals surface area contributed by atoms with E-state index in [4.69, 9.17) is 4.74 Å². The highest BCUT2D eigenvalue weighted by Gasteiger charge is 2.19. The maximum absolute atomic E-state index is 12.2. The zero-order valence-corrected chi connectivity index (χ0v) is 17.4. The van der Waals surface area contributed by atoms with Gasteiger partial charge in [-0.2, -0.15) is 0 Å². The molecule has 0 fully saturated rings. The molecule has 140 valence electrons. The molecule has 26 heavy (non-hydrogen) atoms. The monoisotopic (exact) mass is 420 g/mol. The highest BCUT2D eigenvalue weighted by Crippen LogP contribution is 2.21. The van der Waals surface area contributed by atoms with Crippen molar-refractivity contribution in [2.45, 2.75) is 39.7 Å². The van der Waals surface area contributed by atoms with Crippen molar-refractivity contribution < 1.29 is 9.53 Å². The number of aryl methyl sites for hydroxylation is 1. The maximum atomic E-state index is 12.2. The van der Waals surface area contributed by atoms with E-state index in [1.165, 1.54) is 0 Å². The predicted molar refractivity (Wildman–Crippen MR) is 107 cm³/mol. The van der Waals surface area contributed by atoms with Crippen molar-refractivity contribution in [3.63, 3.8) is 0 Å². The number of halogens is 1. The summed E-state index contributed by atoms with van der Waals surface area (Å²) in [5, 5.41) is 5.95. The Labute approximate surface area is 162 Å². The lowest BCUT2D eigenvalue weighted by Gasteiger charge is -2.19. The summed E-state index contributed by atoms with van der Waals surface area (Å²) in [4.78, 5) is 21.3. The van der Waals surface area contributed by atoms with Crippen molar-refractivity contribution in [2.75, 3.05) is 24.3 Å². The Morgan fingerprint density at radius 2 is 1.96 bits per heavy atom. The lowest BCUT2D eigenvalue weighted by molar-refractivity contribution is -0.114. The SMILES string of the molecule is COCc1cc(NCC(=O)Nc2ccc(Br)c(C)c2)nc(C(C)(C)C)n1. The van der Waals surface area contributed by atoms with Gasteiger partial charge in [0.2, 0.25) is 5.91 Å². The number of rotatable bonds is 6. The Bertz CT molecular complexity index is 788. The summed E-state index contributed by atoms with van der Waals surface area (Å²) in [6.07, 6.45) is 0. The third kappa shape index (κ3) is 5.78. The number of anilines is 2. The minimum atomic E-state index is -0.197. The summed E-state index contributed by atoms with van der Waals surface area (Å²) in [7, 11) is 1.62. The van der Waals surface area contributed by atoms with Gasteiger partial charge in [-0.25, -0.2) is 9.97 Å². The van der Waals surface area contributed by atoms with Crippen LogP contribution in [-0.2, 0) is 21.6 Å². The van der Waals surface area contributed by atoms with Gasteiger partial charge >= 0.3 is 0 Å². The first kappa shape index (κ1) is 20.3. The lowest BCUT2D eigenvalue weighted by atomic mass is 9.95. The van der Waals surface area contributed by atoms with Crippen LogP contribution in [0.15, 0.2) is 28.7 Å². The van der Waals surface area contributed by atoms with Crippen LogP contribution in [0.4, 0.5) is 11.5 Å². The molecule has 2 N–H and O–H groups in total. The number of nitrogens with one attached hydrogen (secondary N) is 2. The van der Waals surface area contributed by atoms with E-state index < -0.39 is 0 Å². The third-order valence-electron chi connectivity index (χ3n) is 3.61. The maximum Gasteiger partial charge on any atom is 0.243 e. The van der Waals surface area contributed by atoms with E-state index in [1.807, 2.05) is 45.9 Å². The fraction of sp³-hybridized carbons (Fsp3) is 0.421. The van der Waals surface area contributed by atoms with Crippen molar-refractivity contribution in [3.8, 4) is 0 Å². The Hall–Kier alpha value is -1.99. The van der Waals surface area contributed by atoms with Crippen LogP contribution in [0.25, 0.3) is 0 Å². The van der Waals surface area contributed by atoms with E-state index in [-0.39, 0.29) is 17.9 Å². The second-order valence-corrected chi connectivity index (χ2v) is 7.97. The van der Waals surface area contributed by atoms with Gasteiger partial charge in [0.25, 0.3) is 0 Å². The minimum Gasteiger partial charge on any atom is -0.378 e. The van der Waals surface area contributed by atoms with Crippen LogP contribution in [0.5, 0.6) is 0 Å². The molecule has 0 saturated heterocycles. The summed E-state index contributed by atoms with van der Waals surface area (Å²) < 4.78 is 6.18. The quantitative estimate of drug-likeness (QED) is 0.736. The number of aromatic nitrogens is 2. The number of benzene rings is 1. The van der Waals surface area contributed by atoms with Crippen LogP contribution in [0.1, 0.15) is 37.9 Å². The Kier molecular flexibility index (Phi) is 6.72. The summed E-state index contributed by atoms with van der Waals surface area (Å²) in [6, 6.07) is 7.49. The molecule has 1 aromatic heterocycles. The average Bonchev–Trinajstić information content (AvgIpc) is 2.56. The van der Waals surface area contributed by atoms with E-state index in [9.17, 15) is 4.79 Å². The molecule has 2 rings (SSSR count). The number of ether oxygens (including phenoxy) is 1. The second kappa shape index (κ2) is 8.60. The molecular weight excluding hydrogens is 396 g/mol. The van der Waals surface area contributed by atoms with Gasteiger partial charge in [-0.15, -0.1) is 0 Å². The number of hydrogen-bond donors (Lipinski definition) is 2. The Morgan fingerprint density at radius 3 is 2.58 bits per heavy atom. The van der Waals surface area contributed by atoms with E-state index in [0.717, 1.165) is 21.4 Å². The van der Waals surface area contributed by atoms with Crippen molar-refractivity contribution in [1.82, 2.24) is 9.97 Å². The van der Waals surface area contributed by atoms with E-state index >= 15 is 0 Å². The first-order chi connectivity index (χ1) is 12.2. The number of nitrogens with zero attached hydrogens (tertiary/aromatic N) is 2. The number of carbonyl (C=O) groups is 1. The molecule has 0 radical (unpaired) electrons. The van der Waals surface area contributed by atoms with Gasteiger partial charge in [0.05, 0.1) is 18.8 Å². The number of amides is 1. The first-order valence-corrected chi connectivity index (χ1v) is 9.15. The minimum absolute atomic E-state index is 0.113. The smallest absolute Gasteiger partial charge is 0.243 e. The lowest BCUT2D eigenvalue weighted by Crippen LogP contribution is -2.24. The molecule has 7 heteroatoms. The van der Waals surface area contributed by atoms with Crippen molar-refractivity contribution in [3.05, 3.63) is 45.8 Å². The molecule has 0 atom stereocenters. The summed E-state index contributed by atoms with van der Waals surface area (Å²) in [5.41, 5.74) is 2.40. The molecule has 0 bridgehead atoms. The van der Waals surface area contributed by atoms with Crippen LogP contribution in [0, 0.1) is 6.92 Å². The van der Waals surface area contributed by atoms with Gasteiger partial charge in [0, 0.05) is 28.8 Å². The van der Waals surface area contributed by atoms with Crippen LogP contribution in [-0.4, -0.2) is 29.5 Å². The van der Waals surface area contributed by atoms with Gasteiger partial charge in [-0.1, -0.05) is 36.7 Å². The van der Waals surface area contributed by atoms with Crippen molar-refractivity contribution >= 4 is 33.3 Å². The highest BCUT2D eigenvalue weighted by atomic mass is 79.9. The molecule has 2 aromatic rings. The number of carbonyl (C=O) groups excluding carboxylic acids is 1. The first-order valence-electron chi connectivity index (χ1n) is 8.36. The number of methoxy groups -OCH3 is 1. The zero-order valence-electron chi connectivity index (χ0n) is 15.8. The van der Waals surface area contributed by atoms with Gasteiger partial charge in [0.15, 0.2) is 0 Å². The van der Waals surface area contributed by atoms with E-state index in [1.54, 1.807) is 13.2 Å². The summed E-state index contributed by atoms with van der Waals surface area (Å²) in [6.45, 7) is 8.62. The Morgan fingerprint density at radius 1 is 1.23 bits per heavy atom. The van der Waals surface area contributed by atoms with Crippen LogP contribution in [0.2, 0.25) is 0 Å². The van der Waals surface area contributed by atoms with Gasteiger partial charge in [-0.3, -0.25) is 4.79 Å². The van der Waals surface area contributed by atoms with Crippen molar-refractivity contribution in [2.24, 2.45) is 0 Å². The third-order valence-corrected chi connectivity index (χ3v) is 4.50. The Balaban J connectivity index is 2.06. The predicted octanol–water partition coefficient (Wildman–Crippen LogP) is 4.04. The highest BCUT2D eigenvalue weighted by molar-refractivity contribution is 9.10. The molecule has 1 amide bonds. The molecule has 0 spiro atoms. The van der Waals surface area contributed by atoms with Crippen LogP contribution < -0.4 is 10.6 Å². The largest absolute Gasteiger partial charge is 0.378 e. The topological polar surface area (TPSA) is 76.1 Å². The fourth-order valence-corrected chi connectivity index (χ4v) is 2.49. The molecule has 6 nitrogen and oxygen atoms in total. The average molecular weight is 421 g/mol. The second-order valence-electron chi connectivity index (χ2n) is 7.12. The van der Waals surface area contributed by atoms with Gasteiger partial charge in [-0.05, 0) is 30.7 Å². The zero-order chi connectivity index (χ0) is 19.3. The fourth-order valence-electron chi connectivity index (χ4n) is 2.24. The molecule has 0 unspecified atom stereocenters. The van der Waals surface area contributed by atoms with Crippen LogP contribution >= 0.6 is 15.9 Å². The van der Waals surface area contributed by atoms with Crippen molar-refractivity contribution in [1.29, 1.82) is 0 Å². The standard InChI is InChI=1S/C19H25BrN4O2/c1-12-8-13(6-7-15(12)20)22-17(25)10-21-16-9-14(11-26-5)23-18(24-16)19(2,3)4/h6-9H,10-11H2,1-5H3,(H,22,25)(H,21,23,24). The molecule has 1 aromatic carbocycles. The molecule has 0 aliphatic heterocycles. The summed E-state index contributed by atoms with van der Waals surface area (Å²) in [5.74, 6) is 1.17. The molecule has 0 aliphatic rings. The van der Waals surface area contributed by atoms with E-state index in [0.29, 0.717) is 18.2 Å². The normalized spacial score (nSPS) is 11.3. The number of hydrogen-bond acceptors (Lipinski definition) is 5.